The van der Waals surface area contributed by atoms with E-state index in [1.54, 1.807) is 24.3 Å². The number of nitrogens with one attached hydrogen (secondary N) is 2. The molecule has 3 aromatic rings. The van der Waals surface area contributed by atoms with Gasteiger partial charge in [-0.15, -0.1) is 11.3 Å². The molecule has 6 nitrogen and oxygen atoms in total. The second-order valence-electron chi connectivity index (χ2n) is 5.40. The lowest BCUT2D eigenvalue weighted by molar-refractivity contribution is 0.102. The molecule has 0 saturated carbocycles. The predicted molar refractivity (Wildman–Crippen MR) is 99.6 cm³/mol. The number of hydrogen-bond acceptors (Lipinski definition) is 5. The van der Waals surface area contributed by atoms with Gasteiger partial charge in [0.15, 0.2) is 0 Å². The number of anilines is 1. The van der Waals surface area contributed by atoms with Crippen molar-refractivity contribution < 1.29 is 13.2 Å². The average Bonchev–Trinajstić information content (AvgIpc) is 2.94. The summed E-state index contributed by atoms with van der Waals surface area (Å²) in [5, 5.41) is 3.79. The zero-order valence-electron chi connectivity index (χ0n) is 13.7. The lowest BCUT2D eigenvalue weighted by Crippen LogP contribution is -2.23. The second kappa shape index (κ2) is 6.91. The van der Waals surface area contributed by atoms with Crippen LogP contribution in [0.25, 0.3) is 10.2 Å². The van der Waals surface area contributed by atoms with E-state index in [1.165, 1.54) is 24.3 Å². The smallest absolute Gasteiger partial charge is 0.255 e. The van der Waals surface area contributed by atoms with Gasteiger partial charge in [0, 0.05) is 17.8 Å². The maximum absolute atomic E-state index is 12.4. The van der Waals surface area contributed by atoms with Gasteiger partial charge >= 0.3 is 0 Å². The summed E-state index contributed by atoms with van der Waals surface area (Å²) in [5.41, 5.74) is 1.96. The van der Waals surface area contributed by atoms with Crippen LogP contribution in [0.3, 0.4) is 0 Å². The molecule has 0 unspecified atom stereocenters. The molecule has 1 aromatic heterocycles. The Bertz CT molecular complexity index is 1020. The molecule has 0 spiro atoms. The first-order valence-electron chi connectivity index (χ1n) is 7.67. The van der Waals surface area contributed by atoms with Gasteiger partial charge in [0.05, 0.1) is 20.1 Å². The summed E-state index contributed by atoms with van der Waals surface area (Å²) < 4.78 is 27.2. The van der Waals surface area contributed by atoms with Crippen molar-refractivity contribution in [2.75, 3.05) is 11.9 Å². The number of carbonyl (C=O) groups excluding carboxylic acids is 1. The third kappa shape index (κ3) is 3.87. The van der Waals surface area contributed by atoms with Crippen molar-refractivity contribution in [2.45, 2.75) is 18.7 Å². The molecule has 0 aliphatic heterocycles. The summed E-state index contributed by atoms with van der Waals surface area (Å²) in [5.74, 6) is -0.298. The molecule has 0 bridgehead atoms. The zero-order chi connectivity index (χ0) is 18.0. The first kappa shape index (κ1) is 17.5. The Morgan fingerprint density at radius 3 is 2.56 bits per heavy atom. The van der Waals surface area contributed by atoms with Crippen molar-refractivity contribution in [1.29, 1.82) is 0 Å². The van der Waals surface area contributed by atoms with Gasteiger partial charge in [-0.2, -0.15) is 0 Å². The van der Waals surface area contributed by atoms with Crippen molar-refractivity contribution in [3.05, 3.63) is 53.0 Å². The van der Waals surface area contributed by atoms with Crippen LogP contribution in [0.2, 0.25) is 0 Å². The summed E-state index contributed by atoms with van der Waals surface area (Å²) in [6.45, 7) is 3.96. The van der Waals surface area contributed by atoms with Gasteiger partial charge in [0.2, 0.25) is 10.0 Å². The fourth-order valence-electron chi connectivity index (χ4n) is 2.38. The third-order valence-electron chi connectivity index (χ3n) is 3.51. The number of aryl methyl sites for hydroxylation is 1. The molecule has 0 aliphatic rings. The molecule has 0 saturated heterocycles. The number of sulfonamides is 1. The highest BCUT2D eigenvalue weighted by molar-refractivity contribution is 7.89. The molecule has 1 amide bonds. The Balaban J connectivity index is 1.78. The number of fused-ring (bicyclic) bond motifs is 1. The number of rotatable bonds is 5. The van der Waals surface area contributed by atoms with Crippen LogP contribution in [0.15, 0.2) is 47.4 Å². The van der Waals surface area contributed by atoms with Crippen molar-refractivity contribution in [1.82, 2.24) is 9.71 Å². The molecular formula is C17H17N3O3S2. The van der Waals surface area contributed by atoms with Crippen LogP contribution in [0.1, 0.15) is 22.3 Å². The van der Waals surface area contributed by atoms with E-state index in [2.05, 4.69) is 15.0 Å². The number of carbonyl (C=O) groups is 1. The standard InChI is InChI=1S/C17H17N3O3S2/c1-3-18-25(22,23)14-7-4-12(5-8-14)17(21)20-13-6-9-15-16(10-13)24-11(2)19-15/h4-10,18H,3H2,1-2H3,(H,20,21). The first-order chi connectivity index (χ1) is 11.9. The highest BCUT2D eigenvalue weighted by atomic mass is 32.2. The summed E-state index contributed by atoms with van der Waals surface area (Å²) in [6, 6.07) is 11.4. The first-order valence-corrected chi connectivity index (χ1v) is 9.97. The minimum Gasteiger partial charge on any atom is -0.322 e. The van der Waals surface area contributed by atoms with Crippen molar-refractivity contribution in [2.24, 2.45) is 0 Å². The topological polar surface area (TPSA) is 88.2 Å². The largest absolute Gasteiger partial charge is 0.322 e. The number of aromatic nitrogens is 1. The normalized spacial score (nSPS) is 11.6. The Morgan fingerprint density at radius 1 is 1.16 bits per heavy atom. The van der Waals surface area contributed by atoms with Gasteiger partial charge in [0.25, 0.3) is 5.91 Å². The Hall–Kier alpha value is -2.29. The average molecular weight is 375 g/mol. The van der Waals surface area contributed by atoms with E-state index >= 15 is 0 Å². The maximum Gasteiger partial charge on any atom is 0.255 e. The summed E-state index contributed by atoms with van der Waals surface area (Å²) in [6.07, 6.45) is 0. The van der Waals surface area contributed by atoms with Crippen LogP contribution in [0.4, 0.5) is 5.69 Å². The Kier molecular flexibility index (Phi) is 4.85. The van der Waals surface area contributed by atoms with Gasteiger partial charge in [-0.25, -0.2) is 18.1 Å². The van der Waals surface area contributed by atoms with E-state index in [0.29, 0.717) is 17.8 Å². The number of benzene rings is 2. The summed E-state index contributed by atoms with van der Waals surface area (Å²) in [7, 11) is -3.52. The molecule has 2 aromatic carbocycles. The molecule has 0 atom stereocenters. The van der Waals surface area contributed by atoms with Crippen LogP contribution in [0.5, 0.6) is 0 Å². The molecule has 0 fully saturated rings. The molecule has 25 heavy (non-hydrogen) atoms. The molecule has 0 aliphatic carbocycles. The Labute approximate surface area is 150 Å². The van der Waals surface area contributed by atoms with Crippen molar-refractivity contribution in [3.63, 3.8) is 0 Å². The quantitative estimate of drug-likeness (QED) is 0.717. The van der Waals surface area contributed by atoms with Gasteiger partial charge in [0.1, 0.15) is 0 Å². The van der Waals surface area contributed by atoms with Gasteiger partial charge < -0.3 is 5.32 Å². The predicted octanol–water partition coefficient (Wildman–Crippen LogP) is 3.16. The molecule has 130 valence electrons. The molecule has 8 heteroatoms. The van der Waals surface area contributed by atoms with Crippen molar-refractivity contribution in [3.8, 4) is 0 Å². The highest BCUT2D eigenvalue weighted by Gasteiger charge is 2.14. The number of thiazole rings is 1. The maximum atomic E-state index is 12.4. The molecule has 3 rings (SSSR count). The lowest BCUT2D eigenvalue weighted by Gasteiger charge is -2.07. The Morgan fingerprint density at radius 2 is 1.88 bits per heavy atom. The molecule has 1 heterocycles. The zero-order valence-corrected chi connectivity index (χ0v) is 15.4. The van der Waals surface area contributed by atoms with Crippen molar-refractivity contribution >= 4 is 43.2 Å². The van der Waals surface area contributed by atoms with Crippen LogP contribution < -0.4 is 10.0 Å². The van der Waals surface area contributed by atoms with E-state index in [9.17, 15) is 13.2 Å². The fourth-order valence-corrected chi connectivity index (χ4v) is 4.29. The second-order valence-corrected chi connectivity index (χ2v) is 8.40. The monoisotopic (exact) mass is 375 g/mol. The van der Waals surface area contributed by atoms with Gasteiger partial charge in [-0.3, -0.25) is 4.79 Å². The lowest BCUT2D eigenvalue weighted by atomic mass is 10.2. The third-order valence-corrected chi connectivity index (χ3v) is 6.01. The highest BCUT2D eigenvalue weighted by Crippen LogP contribution is 2.25. The number of amides is 1. The molecular weight excluding hydrogens is 358 g/mol. The summed E-state index contributed by atoms with van der Waals surface area (Å²) >= 11 is 1.56. The summed E-state index contributed by atoms with van der Waals surface area (Å²) in [4.78, 5) is 16.9. The van der Waals surface area contributed by atoms with Crippen LogP contribution in [-0.4, -0.2) is 25.9 Å². The SMILES string of the molecule is CCNS(=O)(=O)c1ccc(C(=O)Nc2ccc3nc(C)sc3c2)cc1. The minimum absolute atomic E-state index is 0.132. The molecule has 2 N–H and O–H groups in total. The van der Waals surface area contributed by atoms with E-state index in [4.69, 9.17) is 0 Å². The number of nitrogens with zero attached hydrogens (tertiary/aromatic N) is 1. The molecule has 0 radical (unpaired) electrons. The van der Waals surface area contributed by atoms with E-state index < -0.39 is 10.0 Å². The van der Waals surface area contributed by atoms with E-state index in [-0.39, 0.29) is 10.8 Å². The minimum atomic E-state index is -3.52. The van der Waals surface area contributed by atoms with E-state index in [0.717, 1.165) is 15.2 Å². The van der Waals surface area contributed by atoms with Crippen LogP contribution >= 0.6 is 11.3 Å². The fraction of sp³-hybridized carbons (Fsp3) is 0.176. The van der Waals surface area contributed by atoms with Gasteiger partial charge in [-0.1, -0.05) is 6.92 Å². The van der Waals surface area contributed by atoms with Crippen LogP contribution in [-0.2, 0) is 10.0 Å². The van der Waals surface area contributed by atoms with E-state index in [1.807, 2.05) is 19.1 Å². The van der Waals surface area contributed by atoms with Gasteiger partial charge in [-0.05, 0) is 49.4 Å². The number of hydrogen-bond donors (Lipinski definition) is 2. The van der Waals surface area contributed by atoms with Crippen LogP contribution in [0, 0.1) is 6.92 Å².